The molecule has 1 aliphatic carbocycles. The van der Waals surface area contributed by atoms with Gasteiger partial charge in [-0.3, -0.25) is 9.59 Å². The summed E-state index contributed by atoms with van der Waals surface area (Å²) in [7, 11) is 1.57. The fourth-order valence-corrected chi connectivity index (χ4v) is 4.43. The number of carbonyl (C=O) groups is 2. The number of rotatable bonds is 4. The molecule has 1 heterocycles. The summed E-state index contributed by atoms with van der Waals surface area (Å²) in [6.07, 6.45) is 2.80. The Hall–Kier alpha value is -2.34. The van der Waals surface area contributed by atoms with E-state index >= 15 is 0 Å². The van der Waals surface area contributed by atoms with Crippen LogP contribution < -0.4 is 15.8 Å². The summed E-state index contributed by atoms with van der Waals surface area (Å²) < 4.78 is 5.09. The van der Waals surface area contributed by atoms with Crippen LogP contribution in [0.25, 0.3) is 0 Å². The van der Waals surface area contributed by atoms with Crippen molar-refractivity contribution in [1.29, 1.82) is 0 Å². The van der Waals surface area contributed by atoms with Gasteiger partial charge >= 0.3 is 0 Å². The highest BCUT2D eigenvalue weighted by molar-refractivity contribution is 7.17. The van der Waals surface area contributed by atoms with Gasteiger partial charge in [0.25, 0.3) is 11.8 Å². The van der Waals surface area contributed by atoms with Crippen molar-refractivity contribution in [1.82, 2.24) is 0 Å². The van der Waals surface area contributed by atoms with E-state index in [9.17, 15) is 9.59 Å². The normalized spacial score (nSPS) is 16.3. The van der Waals surface area contributed by atoms with Crippen LogP contribution in [0.4, 0.5) is 5.00 Å². The van der Waals surface area contributed by atoms with Crippen LogP contribution in [0.2, 0.25) is 0 Å². The molecule has 5 nitrogen and oxygen atoms in total. The third-order valence-corrected chi connectivity index (χ3v) is 5.51. The van der Waals surface area contributed by atoms with Crippen molar-refractivity contribution in [2.45, 2.75) is 26.2 Å². The van der Waals surface area contributed by atoms with Gasteiger partial charge in [-0.25, -0.2) is 0 Å². The van der Waals surface area contributed by atoms with E-state index in [4.69, 9.17) is 10.5 Å². The molecular weight excluding hydrogens is 324 g/mol. The molecule has 126 valence electrons. The number of ether oxygens (including phenoxy) is 1. The van der Waals surface area contributed by atoms with Crippen LogP contribution in [-0.2, 0) is 12.8 Å². The Kier molecular flexibility index (Phi) is 4.57. The molecule has 0 aliphatic heterocycles. The predicted octanol–water partition coefficient (Wildman–Crippen LogP) is 3.23. The molecule has 0 spiro atoms. The van der Waals surface area contributed by atoms with Crippen LogP contribution in [0.15, 0.2) is 24.3 Å². The maximum atomic E-state index is 12.5. The van der Waals surface area contributed by atoms with Gasteiger partial charge in [-0.1, -0.05) is 6.92 Å². The smallest absolute Gasteiger partial charge is 0.256 e. The van der Waals surface area contributed by atoms with Gasteiger partial charge in [-0.05, 0) is 55.0 Å². The number of carbonyl (C=O) groups excluding carboxylic acids is 2. The zero-order valence-corrected chi connectivity index (χ0v) is 14.5. The molecule has 1 aromatic carbocycles. The summed E-state index contributed by atoms with van der Waals surface area (Å²) in [5.74, 6) is 0.533. The van der Waals surface area contributed by atoms with E-state index in [1.54, 1.807) is 31.4 Å². The van der Waals surface area contributed by atoms with Crippen molar-refractivity contribution in [3.8, 4) is 5.75 Å². The molecular formula is C18H20N2O3S. The number of primary amides is 1. The second kappa shape index (κ2) is 6.65. The molecule has 24 heavy (non-hydrogen) atoms. The zero-order valence-electron chi connectivity index (χ0n) is 13.7. The SMILES string of the molecule is COc1ccc(C(=O)Nc2sc3c(c2C(N)=O)CC[C@H](C)C3)cc1. The lowest BCUT2D eigenvalue weighted by molar-refractivity contribution is 0.1000. The number of nitrogens with one attached hydrogen (secondary N) is 1. The number of anilines is 1. The first-order chi connectivity index (χ1) is 11.5. The Balaban J connectivity index is 1.88. The van der Waals surface area contributed by atoms with Crippen molar-refractivity contribution in [3.05, 3.63) is 45.8 Å². The Morgan fingerprint density at radius 2 is 2.00 bits per heavy atom. The second-order valence-electron chi connectivity index (χ2n) is 6.10. The average Bonchev–Trinajstić information content (AvgIpc) is 2.91. The maximum Gasteiger partial charge on any atom is 0.256 e. The van der Waals surface area contributed by atoms with Crippen LogP contribution in [0.1, 0.15) is 44.5 Å². The molecule has 2 aromatic rings. The van der Waals surface area contributed by atoms with Crippen molar-refractivity contribution in [2.75, 3.05) is 12.4 Å². The molecule has 0 fully saturated rings. The van der Waals surface area contributed by atoms with E-state index in [-0.39, 0.29) is 5.91 Å². The van der Waals surface area contributed by atoms with Gasteiger partial charge in [0.15, 0.2) is 0 Å². The third kappa shape index (κ3) is 3.14. The molecule has 1 aromatic heterocycles. The monoisotopic (exact) mass is 344 g/mol. The minimum absolute atomic E-state index is 0.258. The highest BCUT2D eigenvalue weighted by atomic mass is 32.1. The van der Waals surface area contributed by atoms with Gasteiger partial charge < -0.3 is 15.8 Å². The summed E-state index contributed by atoms with van der Waals surface area (Å²) in [5.41, 5.74) is 7.56. The highest BCUT2D eigenvalue weighted by Gasteiger charge is 2.27. The van der Waals surface area contributed by atoms with Crippen molar-refractivity contribution in [3.63, 3.8) is 0 Å². The first kappa shape index (κ1) is 16.5. The van der Waals surface area contributed by atoms with Gasteiger partial charge in [-0.15, -0.1) is 11.3 Å². The lowest BCUT2D eigenvalue weighted by Gasteiger charge is -2.18. The van der Waals surface area contributed by atoms with Crippen molar-refractivity contribution in [2.24, 2.45) is 11.7 Å². The van der Waals surface area contributed by atoms with Crippen LogP contribution in [0.5, 0.6) is 5.75 Å². The van der Waals surface area contributed by atoms with Crippen molar-refractivity contribution >= 4 is 28.2 Å². The standard InChI is InChI=1S/C18H20N2O3S/c1-10-3-8-13-14(9-10)24-18(15(13)16(19)21)20-17(22)11-4-6-12(23-2)7-5-11/h4-7,10H,3,8-9H2,1-2H3,(H2,19,21)(H,20,22)/t10-/m0/s1. The molecule has 6 heteroatoms. The largest absolute Gasteiger partial charge is 0.497 e. The number of fused-ring (bicyclic) bond motifs is 1. The summed E-state index contributed by atoms with van der Waals surface area (Å²) >= 11 is 1.47. The van der Waals surface area contributed by atoms with Crippen LogP contribution in [-0.4, -0.2) is 18.9 Å². The lowest BCUT2D eigenvalue weighted by atomic mass is 9.88. The lowest BCUT2D eigenvalue weighted by Crippen LogP contribution is -2.19. The van der Waals surface area contributed by atoms with Gasteiger partial charge in [0.2, 0.25) is 0 Å². The molecule has 2 amide bonds. The number of thiophene rings is 1. The third-order valence-electron chi connectivity index (χ3n) is 4.34. The van der Waals surface area contributed by atoms with Crippen LogP contribution >= 0.6 is 11.3 Å². The molecule has 0 radical (unpaired) electrons. The number of amides is 2. The van der Waals surface area contributed by atoms with E-state index in [0.29, 0.717) is 27.8 Å². The van der Waals surface area contributed by atoms with Crippen LogP contribution in [0.3, 0.4) is 0 Å². The number of hydrogen-bond acceptors (Lipinski definition) is 4. The van der Waals surface area contributed by atoms with E-state index in [2.05, 4.69) is 12.2 Å². The fraction of sp³-hybridized carbons (Fsp3) is 0.333. The molecule has 0 unspecified atom stereocenters. The van der Waals surface area contributed by atoms with Crippen molar-refractivity contribution < 1.29 is 14.3 Å². The minimum atomic E-state index is -0.480. The Morgan fingerprint density at radius 3 is 2.62 bits per heavy atom. The molecule has 0 saturated heterocycles. The molecule has 0 saturated carbocycles. The highest BCUT2D eigenvalue weighted by Crippen LogP contribution is 2.39. The van der Waals surface area contributed by atoms with E-state index in [0.717, 1.165) is 29.7 Å². The average molecular weight is 344 g/mol. The molecule has 3 N–H and O–H groups in total. The van der Waals surface area contributed by atoms with Gasteiger partial charge in [0, 0.05) is 10.4 Å². The summed E-state index contributed by atoms with van der Waals surface area (Å²) in [4.78, 5) is 25.5. The fourth-order valence-electron chi connectivity index (χ4n) is 3.02. The van der Waals surface area contributed by atoms with E-state index in [1.165, 1.54) is 11.3 Å². The zero-order chi connectivity index (χ0) is 17.3. The topological polar surface area (TPSA) is 81.4 Å². The molecule has 0 bridgehead atoms. The number of benzene rings is 1. The van der Waals surface area contributed by atoms with Crippen LogP contribution in [0, 0.1) is 5.92 Å². The number of hydrogen-bond donors (Lipinski definition) is 2. The van der Waals surface area contributed by atoms with Gasteiger partial charge in [-0.2, -0.15) is 0 Å². The molecule has 3 rings (SSSR count). The first-order valence-electron chi connectivity index (χ1n) is 7.89. The number of nitrogens with two attached hydrogens (primary N) is 1. The van der Waals surface area contributed by atoms with Gasteiger partial charge in [0.1, 0.15) is 10.8 Å². The minimum Gasteiger partial charge on any atom is -0.497 e. The summed E-state index contributed by atoms with van der Waals surface area (Å²) in [6, 6.07) is 6.83. The summed E-state index contributed by atoms with van der Waals surface area (Å²) in [5, 5.41) is 3.41. The molecule has 1 aliphatic rings. The first-order valence-corrected chi connectivity index (χ1v) is 8.71. The maximum absolute atomic E-state index is 12.5. The second-order valence-corrected chi connectivity index (χ2v) is 7.21. The predicted molar refractivity (Wildman–Crippen MR) is 95.0 cm³/mol. The van der Waals surface area contributed by atoms with E-state index in [1.807, 2.05) is 0 Å². The van der Waals surface area contributed by atoms with E-state index < -0.39 is 5.91 Å². The summed E-state index contributed by atoms with van der Waals surface area (Å²) in [6.45, 7) is 2.20. The number of methoxy groups -OCH3 is 1. The quantitative estimate of drug-likeness (QED) is 0.893. The Labute approximate surface area is 144 Å². The van der Waals surface area contributed by atoms with Gasteiger partial charge in [0.05, 0.1) is 12.7 Å². The molecule has 1 atom stereocenters. The Morgan fingerprint density at radius 1 is 1.29 bits per heavy atom. The Bertz CT molecular complexity index is 780.